The van der Waals surface area contributed by atoms with Gasteiger partial charge in [-0.15, -0.1) is 0 Å². The molecule has 1 aliphatic rings. The van der Waals surface area contributed by atoms with Crippen molar-refractivity contribution in [3.8, 4) is 0 Å². The Kier molecular flexibility index (Phi) is 5.56. The molecule has 0 saturated heterocycles. The van der Waals surface area contributed by atoms with Gasteiger partial charge in [0.1, 0.15) is 11.6 Å². The molecule has 192 valence electrons. The maximum absolute atomic E-state index is 13.8. The van der Waals surface area contributed by atoms with Gasteiger partial charge in [0.15, 0.2) is 14.9 Å². The summed E-state index contributed by atoms with van der Waals surface area (Å²) in [7, 11) is -1.90. The van der Waals surface area contributed by atoms with E-state index in [1.165, 1.54) is 23.5 Å². The Hall–Kier alpha value is -4.45. The molecule has 5 aromatic rings. The Morgan fingerprint density at radius 3 is 2.58 bits per heavy atom. The number of sulfone groups is 1. The molecule has 4 heterocycles. The molecule has 0 atom stereocenters. The number of nitrogens with two attached hydrogens (primary N) is 1. The van der Waals surface area contributed by atoms with E-state index < -0.39 is 15.7 Å². The van der Waals surface area contributed by atoms with Crippen molar-refractivity contribution < 1.29 is 13.2 Å². The summed E-state index contributed by atoms with van der Waals surface area (Å²) in [6.07, 6.45) is 9.20. The number of nitrogen functional groups attached to an aromatic ring is 1. The van der Waals surface area contributed by atoms with Gasteiger partial charge in [-0.3, -0.25) is 9.48 Å². The summed E-state index contributed by atoms with van der Waals surface area (Å²) in [4.78, 5) is 32.6. The largest absolute Gasteiger partial charge is 0.383 e. The molecule has 1 amide bonds. The fourth-order valence-corrected chi connectivity index (χ4v) is 5.39. The van der Waals surface area contributed by atoms with Crippen LogP contribution in [0.4, 0.5) is 11.5 Å². The summed E-state index contributed by atoms with van der Waals surface area (Å²) >= 11 is 0. The minimum Gasteiger partial charge on any atom is -0.383 e. The van der Waals surface area contributed by atoms with E-state index in [4.69, 9.17) is 5.73 Å². The van der Waals surface area contributed by atoms with Crippen molar-refractivity contribution >= 4 is 49.1 Å². The number of pyridine rings is 2. The molecule has 0 spiro atoms. The second kappa shape index (κ2) is 8.84. The standard InChI is InChI=1S/C26H24N8O3S/c1-33-22-18-8-5-15(10-20(18)32-23(27)19(22)13-31-33)14-34(21-4-3-9-28-25(21)38(2,36)37)26(35)17-11-29-24(30-12-17)16-6-7-16/h3-5,8-13,16H,6-7,14H2,1-2H3,(H2,27,32). The first-order valence-corrected chi connectivity index (χ1v) is 13.9. The number of aryl methyl sites for hydroxylation is 1. The van der Waals surface area contributed by atoms with Gasteiger partial charge in [0, 0.05) is 43.2 Å². The van der Waals surface area contributed by atoms with E-state index >= 15 is 0 Å². The normalized spacial score (nSPS) is 13.7. The van der Waals surface area contributed by atoms with E-state index in [-0.39, 0.29) is 22.8 Å². The minimum atomic E-state index is -3.73. The van der Waals surface area contributed by atoms with Crippen LogP contribution >= 0.6 is 0 Å². The number of hydrogen-bond donors (Lipinski definition) is 1. The van der Waals surface area contributed by atoms with Gasteiger partial charge in [-0.25, -0.2) is 28.4 Å². The van der Waals surface area contributed by atoms with Gasteiger partial charge in [-0.2, -0.15) is 5.10 Å². The highest BCUT2D eigenvalue weighted by Gasteiger charge is 2.29. The van der Waals surface area contributed by atoms with Gasteiger partial charge < -0.3 is 10.6 Å². The van der Waals surface area contributed by atoms with Crippen molar-refractivity contribution in [3.63, 3.8) is 0 Å². The Morgan fingerprint density at radius 1 is 1.11 bits per heavy atom. The molecule has 0 radical (unpaired) electrons. The van der Waals surface area contributed by atoms with Crippen LogP contribution in [0.2, 0.25) is 0 Å². The van der Waals surface area contributed by atoms with Gasteiger partial charge in [0.25, 0.3) is 5.91 Å². The number of benzene rings is 1. The summed E-state index contributed by atoms with van der Waals surface area (Å²) in [5.41, 5.74) is 8.81. The zero-order valence-corrected chi connectivity index (χ0v) is 21.6. The first kappa shape index (κ1) is 23.9. The van der Waals surface area contributed by atoms with Gasteiger partial charge in [0.05, 0.1) is 40.4 Å². The Bertz CT molecular complexity index is 1830. The van der Waals surface area contributed by atoms with Crippen LogP contribution in [0, 0.1) is 0 Å². The summed E-state index contributed by atoms with van der Waals surface area (Å²) < 4.78 is 26.9. The summed E-state index contributed by atoms with van der Waals surface area (Å²) in [6, 6.07) is 8.77. The van der Waals surface area contributed by atoms with E-state index in [1.807, 2.05) is 25.2 Å². The second-order valence-corrected chi connectivity index (χ2v) is 11.4. The van der Waals surface area contributed by atoms with Gasteiger partial charge in [-0.05, 0) is 36.6 Å². The van der Waals surface area contributed by atoms with Crippen LogP contribution < -0.4 is 10.6 Å². The van der Waals surface area contributed by atoms with Gasteiger partial charge in [0.2, 0.25) is 0 Å². The van der Waals surface area contributed by atoms with Crippen LogP contribution in [0.25, 0.3) is 21.8 Å². The SMILES string of the molecule is Cn1ncc2c(N)nc3cc(CN(C(=O)c4cnc(C5CC5)nc4)c4cccnc4S(C)(=O)=O)ccc3c21. The Balaban J connectivity index is 1.45. The molecule has 1 saturated carbocycles. The Morgan fingerprint density at radius 2 is 1.87 bits per heavy atom. The fourth-order valence-electron chi connectivity index (χ4n) is 4.58. The molecular weight excluding hydrogens is 504 g/mol. The second-order valence-electron chi connectivity index (χ2n) is 9.47. The van der Waals surface area contributed by atoms with E-state index in [0.29, 0.717) is 23.1 Å². The van der Waals surface area contributed by atoms with Gasteiger partial charge >= 0.3 is 0 Å². The first-order chi connectivity index (χ1) is 18.2. The van der Waals surface area contributed by atoms with Crippen LogP contribution in [0.15, 0.2) is 60.1 Å². The van der Waals surface area contributed by atoms with Crippen molar-refractivity contribution in [1.29, 1.82) is 0 Å². The lowest BCUT2D eigenvalue weighted by Crippen LogP contribution is -2.32. The summed E-state index contributed by atoms with van der Waals surface area (Å²) in [6.45, 7) is 0.0539. The van der Waals surface area contributed by atoms with Crippen molar-refractivity contribution in [3.05, 3.63) is 72.1 Å². The monoisotopic (exact) mass is 528 g/mol. The minimum absolute atomic E-state index is 0.0539. The van der Waals surface area contributed by atoms with Crippen molar-refractivity contribution in [1.82, 2.24) is 29.7 Å². The molecule has 38 heavy (non-hydrogen) atoms. The van der Waals surface area contributed by atoms with E-state index in [1.54, 1.807) is 23.0 Å². The number of carbonyl (C=O) groups is 1. The zero-order chi connectivity index (χ0) is 26.6. The quantitative estimate of drug-likeness (QED) is 0.351. The first-order valence-electron chi connectivity index (χ1n) is 12.0. The fraction of sp³-hybridized carbons (Fsp3) is 0.231. The van der Waals surface area contributed by atoms with E-state index in [0.717, 1.165) is 41.0 Å². The molecule has 12 heteroatoms. The van der Waals surface area contributed by atoms with Gasteiger partial charge in [-0.1, -0.05) is 12.1 Å². The highest BCUT2D eigenvalue weighted by atomic mass is 32.2. The molecule has 0 bridgehead atoms. The molecule has 11 nitrogen and oxygen atoms in total. The van der Waals surface area contributed by atoms with E-state index in [2.05, 4.69) is 25.0 Å². The number of aromatic nitrogens is 6. The third-order valence-electron chi connectivity index (χ3n) is 6.61. The summed E-state index contributed by atoms with van der Waals surface area (Å²) in [5, 5.41) is 5.72. The van der Waals surface area contributed by atoms with E-state index in [9.17, 15) is 13.2 Å². The maximum atomic E-state index is 13.8. The number of hydrogen-bond acceptors (Lipinski definition) is 9. The molecule has 1 aliphatic carbocycles. The van der Waals surface area contributed by atoms with Crippen LogP contribution in [0.1, 0.15) is 40.5 Å². The van der Waals surface area contributed by atoms with Crippen LogP contribution in [-0.4, -0.2) is 50.3 Å². The molecule has 4 aromatic heterocycles. The summed E-state index contributed by atoms with van der Waals surface area (Å²) in [5.74, 6) is 0.963. The number of nitrogens with zero attached hydrogens (tertiary/aromatic N) is 7. The third-order valence-corrected chi connectivity index (χ3v) is 7.63. The van der Waals surface area contributed by atoms with Crippen molar-refractivity contribution in [2.45, 2.75) is 30.3 Å². The van der Waals surface area contributed by atoms with Crippen LogP contribution in [-0.2, 0) is 23.4 Å². The Labute approximate surface area is 218 Å². The average molecular weight is 529 g/mol. The predicted molar refractivity (Wildman–Crippen MR) is 142 cm³/mol. The smallest absolute Gasteiger partial charge is 0.261 e. The highest BCUT2D eigenvalue weighted by Crippen LogP contribution is 2.37. The number of amides is 1. The molecule has 1 aromatic carbocycles. The number of rotatable bonds is 6. The predicted octanol–water partition coefficient (Wildman–Crippen LogP) is 3.02. The molecule has 0 aliphatic heterocycles. The van der Waals surface area contributed by atoms with Crippen LogP contribution in [0.3, 0.4) is 0 Å². The average Bonchev–Trinajstić information content (AvgIpc) is 3.68. The maximum Gasteiger partial charge on any atom is 0.261 e. The molecule has 2 N–H and O–H groups in total. The number of anilines is 2. The molecule has 0 unspecified atom stereocenters. The molecule has 6 rings (SSSR count). The number of carbonyl (C=O) groups excluding carboxylic acids is 1. The zero-order valence-electron chi connectivity index (χ0n) is 20.7. The van der Waals surface area contributed by atoms with Crippen molar-refractivity contribution in [2.75, 3.05) is 16.9 Å². The lowest BCUT2D eigenvalue weighted by molar-refractivity contribution is 0.0983. The lowest BCUT2D eigenvalue weighted by Gasteiger charge is -2.24. The highest BCUT2D eigenvalue weighted by molar-refractivity contribution is 7.90. The number of fused-ring (bicyclic) bond motifs is 3. The van der Waals surface area contributed by atoms with Crippen LogP contribution in [0.5, 0.6) is 0 Å². The molecular formula is C26H24N8O3S. The lowest BCUT2D eigenvalue weighted by atomic mass is 10.1. The van der Waals surface area contributed by atoms with Crippen molar-refractivity contribution in [2.24, 2.45) is 7.05 Å². The topological polar surface area (TPSA) is 150 Å². The third kappa shape index (κ3) is 4.22. The molecule has 1 fully saturated rings.